The van der Waals surface area contributed by atoms with Crippen molar-refractivity contribution in [1.29, 1.82) is 0 Å². The molecule has 4 nitrogen and oxygen atoms in total. The minimum absolute atomic E-state index is 0.0676. The number of furan rings is 1. The van der Waals surface area contributed by atoms with Crippen LogP contribution in [-0.2, 0) is 17.9 Å². The largest absolute Gasteiger partial charge is 0.467 e. The van der Waals surface area contributed by atoms with Gasteiger partial charge in [-0.15, -0.1) is 0 Å². The van der Waals surface area contributed by atoms with Gasteiger partial charge < -0.3 is 15.1 Å². The van der Waals surface area contributed by atoms with E-state index in [1.54, 1.807) is 35.4 Å². The van der Waals surface area contributed by atoms with Crippen LogP contribution in [0.3, 0.4) is 0 Å². The summed E-state index contributed by atoms with van der Waals surface area (Å²) in [6.45, 7) is 0.652. The van der Waals surface area contributed by atoms with Crippen molar-refractivity contribution in [2.24, 2.45) is 5.73 Å². The van der Waals surface area contributed by atoms with E-state index >= 15 is 0 Å². The summed E-state index contributed by atoms with van der Waals surface area (Å²) >= 11 is 0. The maximum atomic E-state index is 12.8. The Labute approximate surface area is 110 Å². The number of carbonyl (C=O) groups excluding carboxylic acids is 1. The van der Waals surface area contributed by atoms with Gasteiger partial charge in [0.15, 0.2) is 0 Å². The SMILES string of the molecule is NCC(=O)N(Cc1ccc(F)cc1)Cc1ccco1. The molecule has 1 amide bonds. The Bertz CT molecular complexity index is 523. The molecule has 1 aromatic carbocycles. The van der Waals surface area contributed by atoms with Gasteiger partial charge in [-0.2, -0.15) is 0 Å². The average Bonchev–Trinajstić information content (AvgIpc) is 2.92. The van der Waals surface area contributed by atoms with Crippen molar-refractivity contribution < 1.29 is 13.6 Å². The number of hydrogen-bond acceptors (Lipinski definition) is 3. The molecule has 0 unspecified atom stereocenters. The number of nitrogens with two attached hydrogens (primary N) is 1. The zero-order valence-corrected chi connectivity index (χ0v) is 10.4. The van der Waals surface area contributed by atoms with Gasteiger partial charge in [0, 0.05) is 6.54 Å². The Morgan fingerprint density at radius 3 is 2.53 bits per heavy atom. The lowest BCUT2D eigenvalue weighted by Gasteiger charge is -2.21. The quantitative estimate of drug-likeness (QED) is 0.895. The van der Waals surface area contributed by atoms with Gasteiger partial charge in [0.25, 0.3) is 0 Å². The molecule has 1 heterocycles. The summed E-state index contributed by atoms with van der Waals surface area (Å²) in [7, 11) is 0. The normalized spacial score (nSPS) is 10.4. The van der Waals surface area contributed by atoms with E-state index in [4.69, 9.17) is 10.2 Å². The summed E-state index contributed by atoms with van der Waals surface area (Å²) in [5.74, 6) is 0.205. The highest BCUT2D eigenvalue weighted by atomic mass is 19.1. The molecule has 0 aliphatic carbocycles. The van der Waals surface area contributed by atoms with E-state index < -0.39 is 0 Å². The minimum Gasteiger partial charge on any atom is -0.467 e. The van der Waals surface area contributed by atoms with Crippen LogP contribution in [0.5, 0.6) is 0 Å². The van der Waals surface area contributed by atoms with E-state index in [9.17, 15) is 9.18 Å². The molecule has 0 aliphatic heterocycles. The lowest BCUT2D eigenvalue weighted by Crippen LogP contribution is -2.34. The highest BCUT2D eigenvalue weighted by Crippen LogP contribution is 2.11. The first kappa shape index (κ1) is 13.3. The van der Waals surface area contributed by atoms with Crippen LogP contribution in [0, 0.1) is 5.82 Å². The number of nitrogens with zero attached hydrogens (tertiary/aromatic N) is 1. The average molecular weight is 262 g/mol. The molecule has 19 heavy (non-hydrogen) atoms. The van der Waals surface area contributed by atoms with Crippen molar-refractivity contribution in [1.82, 2.24) is 4.90 Å². The van der Waals surface area contributed by atoms with Gasteiger partial charge in [0.1, 0.15) is 11.6 Å². The van der Waals surface area contributed by atoms with Crippen LogP contribution in [0.1, 0.15) is 11.3 Å². The highest BCUT2D eigenvalue weighted by Gasteiger charge is 2.14. The summed E-state index contributed by atoms with van der Waals surface area (Å²) in [5, 5.41) is 0. The molecule has 0 bridgehead atoms. The zero-order chi connectivity index (χ0) is 13.7. The van der Waals surface area contributed by atoms with Crippen molar-refractivity contribution >= 4 is 5.91 Å². The first-order valence-corrected chi connectivity index (χ1v) is 5.93. The Morgan fingerprint density at radius 1 is 1.21 bits per heavy atom. The Morgan fingerprint density at radius 2 is 1.95 bits per heavy atom. The van der Waals surface area contributed by atoms with Crippen LogP contribution in [0.25, 0.3) is 0 Å². The molecule has 100 valence electrons. The number of amides is 1. The summed E-state index contributed by atoms with van der Waals surface area (Å²) in [4.78, 5) is 13.4. The van der Waals surface area contributed by atoms with Crippen molar-refractivity contribution in [2.45, 2.75) is 13.1 Å². The van der Waals surface area contributed by atoms with Gasteiger partial charge in [-0.05, 0) is 29.8 Å². The number of rotatable bonds is 5. The smallest absolute Gasteiger partial charge is 0.237 e. The molecule has 2 N–H and O–H groups in total. The molecule has 0 saturated heterocycles. The first-order chi connectivity index (χ1) is 9.19. The molecule has 0 spiro atoms. The van der Waals surface area contributed by atoms with Crippen LogP contribution in [-0.4, -0.2) is 17.4 Å². The molecule has 1 aromatic heterocycles. The Hall–Kier alpha value is -2.14. The van der Waals surface area contributed by atoms with Crippen LogP contribution >= 0.6 is 0 Å². The second-order valence-electron chi connectivity index (χ2n) is 4.16. The molecule has 5 heteroatoms. The van der Waals surface area contributed by atoms with Crippen molar-refractivity contribution in [2.75, 3.05) is 6.54 Å². The number of carbonyl (C=O) groups is 1. The predicted octanol–water partition coefficient (Wildman–Crippen LogP) is 1.91. The summed E-state index contributed by atoms with van der Waals surface area (Å²) in [6.07, 6.45) is 1.55. The van der Waals surface area contributed by atoms with E-state index in [0.29, 0.717) is 18.8 Å². The van der Waals surface area contributed by atoms with E-state index in [1.165, 1.54) is 12.1 Å². The minimum atomic E-state index is -0.300. The van der Waals surface area contributed by atoms with E-state index in [-0.39, 0.29) is 18.3 Å². The Balaban J connectivity index is 2.09. The zero-order valence-electron chi connectivity index (χ0n) is 10.4. The molecule has 0 atom stereocenters. The first-order valence-electron chi connectivity index (χ1n) is 5.93. The molecule has 0 radical (unpaired) electrons. The van der Waals surface area contributed by atoms with Crippen LogP contribution < -0.4 is 5.73 Å². The third-order valence-electron chi connectivity index (χ3n) is 2.74. The number of benzene rings is 1. The number of halogens is 1. The summed E-state index contributed by atoms with van der Waals surface area (Å²) < 4.78 is 18.1. The molecule has 2 rings (SSSR count). The second kappa shape index (κ2) is 6.15. The standard InChI is InChI=1S/C14H15FN2O2/c15-12-5-3-11(4-6-12)9-17(14(18)8-16)10-13-2-1-7-19-13/h1-7H,8-10,16H2. The predicted molar refractivity (Wildman–Crippen MR) is 68.4 cm³/mol. The third-order valence-corrected chi connectivity index (χ3v) is 2.74. The molecular formula is C14H15FN2O2. The monoisotopic (exact) mass is 262 g/mol. The van der Waals surface area contributed by atoms with Crippen LogP contribution in [0.4, 0.5) is 4.39 Å². The molecule has 0 fully saturated rings. The Kier molecular flexibility index (Phi) is 4.30. The fourth-order valence-corrected chi connectivity index (χ4v) is 1.76. The molecular weight excluding hydrogens is 247 g/mol. The van der Waals surface area contributed by atoms with E-state index in [1.807, 2.05) is 0 Å². The fraction of sp³-hybridized carbons (Fsp3) is 0.214. The summed E-state index contributed by atoms with van der Waals surface area (Å²) in [5.41, 5.74) is 6.24. The lowest BCUT2D eigenvalue weighted by atomic mass is 10.2. The van der Waals surface area contributed by atoms with Crippen molar-refractivity contribution in [3.8, 4) is 0 Å². The van der Waals surface area contributed by atoms with Crippen LogP contribution in [0.2, 0.25) is 0 Å². The topological polar surface area (TPSA) is 59.5 Å². The van der Waals surface area contributed by atoms with Gasteiger partial charge in [0.2, 0.25) is 5.91 Å². The van der Waals surface area contributed by atoms with Gasteiger partial charge in [0.05, 0.1) is 19.4 Å². The third kappa shape index (κ3) is 3.66. The summed E-state index contributed by atoms with van der Waals surface area (Å²) in [6, 6.07) is 9.59. The van der Waals surface area contributed by atoms with Crippen molar-refractivity contribution in [3.05, 3.63) is 59.8 Å². The molecule has 2 aromatic rings. The van der Waals surface area contributed by atoms with Gasteiger partial charge in [-0.3, -0.25) is 4.79 Å². The van der Waals surface area contributed by atoms with Crippen LogP contribution in [0.15, 0.2) is 47.1 Å². The maximum Gasteiger partial charge on any atom is 0.237 e. The van der Waals surface area contributed by atoms with E-state index in [2.05, 4.69) is 0 Å². The van der Waals surface area contributed by atoms with Crippen molar-refractivity contribution in [3.63, 3.8) is 0 Å². The van der Waals surface area contributed by atoms with Gasteiger partial charge in [-0.25, -0.2) is 4.39 Å². The number of hydrogen-bond donors (Lipinski definition) is 1. The molecule has 0 saturated carbocycles. The fourth-order valence-electron chi connectivity index (χ4n) is 1.76. The lowest BCUT2D eigenvalue weighted by molar-refractivity contribution is -0.131. The molecule has 0 aliphatic rings. The maximum absolute atomic E-state index is 12.8. The van der Waals surface area contributed by atoms with E-state index in [0.717, 1.165) is 5.56 Å². The highest BCUT2D eigenvalue weighted by molar-refractivity contribution is 5.77. The van der Waals surface area contributed by atoms with Gasteiger partial charge in [-0.1, -0.05) is 12.1 Å². The second-order valence-corrected chi connectivity index (χ2v) is 4.16. The van der Waals surface area contributed by atoms with Gasteiger partial charge >= 0.3 is 0 Å².